The van der Waals surface area contributed by atoms with Gasteiger partial charge in [0.25, 0.3) is 0 Å². The largest absolute Gasteiger partial charge is 0.354 e. The summed E-state index contributed by atoms with van der Waals surface area (Å²) in [6, 6.07) is 0. The van der Waals surface area contributed by atoms with Crippen molar-refractivity contribution < 1.29 is 4.79 Å². The van der Waals surface area contributed by atoms with Crippen LogP contribution >= 0.6 is 0 Å². The van der Waals surface area contributed by atoms with Crippen LogP contribution in [0.1, 0.15) is 31.7 Å². The van der Waals surface area contributed by atoms with Crippen LogP contribution in [0.3, 0.4) is 0 Å². The van der Waals surface area contributed by atoms with Crippen LogP contribution in [-0.4, -0.2) is 35.5 Å². The average molecular weight is 264 g/mol. The van der Waals surface area contributed by atoms with E-state index in [-0.39, 0.29) is 11.8 Å². The van der Waals surface area contributed by atoms with Crippen molar-refractivity contribution in [2.24, 2.45) is 5.84 Å². The normalized spacial score (nSPS) is 16.2. The van der Waals surface area contributed by atoms with Crippen LogP contribution in [-0.2, 0) is 4.79 Å². The summed E-state index contributed by atoms with van der Waals surface area (Å²) in [5, 5.41) is 2.86. The van der Waals surface area contributed by atoms with Gasteiger partial charge in [-0.25, -0.2) is 15.8 Å². The fraction of sp³-hybridized carbons (Fsp3) is 0.583. The van der Waals surface area contributed by atoms with Crippen LogP contribution < -0.4 is 21.5 Å². The Morgan fingerprint density at radius 3 is 2.95 bits per heavy atom. The van der Waals surface area contributed by atoms with Gasteiger partial charge in [0.1, 0.15) is 18.0 Å². The third-order valence-electron chi connectivity index (χ3n) is 3.14. The number of carbonyl (C=O) groups excluding carboxylic acids is 1. The number of aromatic nitrogens is 2. The quantitative estimate of drug-likeness (QED) is 0.533. The highest BCUT2D eigenvalue weighted by atomic mass is 16.2. The molecule has 2 rings (SSSR count). The third-order valence-corrected chi connectivity index (χ3v) is 3.14. The predicted octanol–water partition coefficient (Wildman–Crippen LogP) is 0.212. The molecule has 104 valence electrons. The van der Waals surface area contributed by atoms with Crippen LogP contribution in [0.15, 0.2) is 6.33 Å². The minimum atomic E-state index is 0.0214. The summed E-state index contributed by atoms with van der Waals surface area (Å²) in [5.41, 5.74) is 3.55. The molecule has 7 nitrogen and oxygen atoms in total. The van der Waals surface area contributed by atoms with E-state index in [2.05, 4.69) is 34.6 Å². The number of hydrogen-bond donors (Lipinski definition) is 3. The Labute approximate surface area is 112 Å². The summed E-state index contributed by atoms with van der Waals surface area (Å²) in [5.74, 6) is 7.15. The third kappa shape index (κ3) is 2.93. The molecule has 1 saturated heterocycles. The zero-order valence-electron chi connectivity index (χ0n) is 11.3. The first-order valence-corrected chi connectivity index (χ1v) is 6.46. The van der Waals surface area contributed by atoms with E-state index in [1.165, 1.54) is 6.33 Å². The van der Waals surface area contributed by atoms with E-state index >= 15 is 0 Å². The topological polar surface area (TPSA) is 96.2 Å². The van der Waals surface area contributed by atoms with Gasteiger partial charge in [-0.2, -0.15) is 0 Å². The van der Waals surface area contributed by atoms with E-state index in [4.69, 9.17) is 5.84 Å². The molecule has 19 heavy (non-hydrogen) atoms. The predicted molar refractivity (Wildman–Crippen MR) is 73.8 cm³/mol. The zero-order valence-corrected chi connectivity index (χ0v) is 11.3. The van der Waals surface area contributed by atoms with Crippen molar-refractivity contribution in [2.45, 2.75) is 26.2 Å². The molecule has 0 radical (unpaired) electrons. The summed E-state index contributed by atoms with van der Waals surface area (Å²) >= 11 is 0. The Balaban J connectivity index is 2.39. The lowest BCUT2D eigenvalue weighted by Gasteiger charge is -2.25. The van der Waals surface area contributed by atoms with Crippen molar-refractivity contribution in [3.63, 3.8) is 0 Å². The first kappa shape index (κ1) is 13.5. The standard InChI is InChI=1S/C12H20N6O/c1-8(2)10-11(17-13)15-7-16-12(10)18-5-3-4-14-9(19)6-18/h7-8H,3-6,13H2,1-2H3,(H,14,19)(H,15,16,17). The van der Waals surface area contributed by atoms with Crippen LogP contribution in [0, 0.1) is 0 Å². The monoisotopic (exact) mass is 264 g/mol. The second-order valence-corrected chi connectivity index (χ2v) is 4.88. The van der Waals surface area contributed by atoms with Gasteiger partial charge in [-0.05, 0) is 12.3 Å². The van der Waals surface area contributed by atoms with E-state index < -0.39 is 0 Å². The summed E-state index contributed by atoms with van der Waals surface area (Å²) in [7, 11) is 0. The second-order valence-electron chi connectivity index (χ2n) is 4.88. The molecule has 0 atom stereocenters. The van der Waals surface area contributed by atoms with E-state index in [0.29, 0.717) is 18.9 Å². The van der Waals surface area contributed by atoms with Gasteiger partial charge in [-0.1, -0.05) is 13.8 Å². The average Bonchev–Trinajstić information content (AvgIpc) is 2.62. The summed E-state index contributed by atoms with van der Waals surface area (Å²) in [4.78, 5) is 22.1. The van der Waals surface area contributed by atoms with E-state index in [9.17, 15) is 4.79 Å². The number of nitrogens with one attached hydrogen (secondary N) is 2. The molecular weight excluding hydrogens is 244 g/mol. The fourth-order valence-corrected chi connectivity index (χ4v) is 2.27. The first-order chi connectivity index (χ1) is 9.13. The van der Waals surface area contributed by atoms with Crippen molar-refractivity contribution in [1.29, 1.82) is 0 Å². The van der Waals surface area contributed by atoms with Gasteiger partial charge in [0, 0.05) is 18.7 Å². The lowest BCUT2D eigenvalue weighted by Crippen LogP contribution is -2.34. The van der Waals surface area contributed by atoms with E-state index in [0.717, 1.165) is 24.3 Å². The van der Waals surface area contributed by atoms with E-state index in [1.54, 1.807) is 0 Å². The molecule has 0 aromatic carbocycles. The Morgan fingerprint density at radius 2 is 2.26 bits per heavy atom. The highest BCUT2D eigenvalue weighted by Gasteiger charge is 2.22. The van der Waals surface area contributed by atoms with E-state index in [1.807, 2.05) is 4.90 Å². The molecule has 1 aliphatic heterocycles. The maximum Gasteiger partial charge on any atom is 0.239 e. The lowest BCUT2D eigenvalue weighted by molar-refractivity contribution is -0.119. The molecule has 4 N–H and O–H groups in total. The van der Waals surface area contributed by atoms with Crippen molar-refractivity contribution in [3.05, 3.63) is 11.9 Å². The van der Waals surface area contributed by atoms with Gasteiger partial charge in [-0.3, -0.25) is 4.79 Å². The molecule has 1 aliphatic rings. The minimum absolute atomic E-state index is 0.0214. The molecule has 0 unspecified atom stereocenters. The molecule has 1 amide bonds. The van der Waals surface area contributed by atoms with Gasteiger partial charge < -0.3 is 15.6 Å². The van der Waals surface area contributed by atoms with Crippen molar-refractivity contribution in [3.8, 4) is 0 Å². The first-order valence-electron chi connectivity index (χ1n) is 6.46. The number of amides is 1. The van der Waals surface area contributed by atoms with Crippen LogP contribution in [0.25, 0.3) is 0 Å². The molecule has 0 saturated carbocycles. The van der Waals surface area contributed by atoms with Gasteiger partial charge in [-0.15, -0.1) is 0 Å². The number of hydrogen-bond acceptors (Lipinski definition) is 6. The zero-order chi connectivity index (χ0) is 13.8. The van der Waals surface area contributed by atoms with Crippen molar-refractivity contribution in [1.82, 2.24) is 15.3 Å². The highest BCUT2D eigenvalue weighted by Crippen LogP contribution is 2.30. The summed E-state index contributed by atoms with van der Waals surface area (Å²) < 4.78 is 0. The second kappa shape index (κ2) is 5.83. The smallest absolute Gasteiger partial charge is 0.239 e. The molecule has 0 spiro atoms. The number of anilines is 2. The van der Waals surface area contributed by atoms with Gasteiger partial charge >= 0.3 is 0 Å². The maximum absolute atomic E-state index is 11.7. The number of carbonyl (C=O) groups is 1. The molecule has 1 aromatic heterocycles. The number of rotatable bonds is 3. The fourth-order valence-electron chi connectivity index (χ4n) is 2.27. The Kier molecular flexibility index (Phi) is 4.16. The number of hydrazine groups is 1. The van der Waals surface area contributed by atoms with Crippen molar-refractivity contribution >= 4 is 17.5 Å². The number of nitrogen functional groups attached to an aromatic ring is 1. The highest BCUT2D eigenvalue weighted by molar-refractivity contribution is 5.82. The number of nitrogens with two attached hydrogens (primary N) is 1. The number of nitrogens with zero attached hydrogens (tertiary/aromatic N) is 3. The van der Waals surface area contributed by atoms with Gasteiger partial charge in [0.2, 0.25) is 5.91 Å². The van der Waals surface area contributed by atoms with Crippen LogP contribution in [0.5, 0.6) is 0 Å². The Hall–Kier alpha value is -1.89. The molecule has 0 aliphatic carbocycles. The Bertz CT molecular complexity index is 462. The molecule has 1 fully saturated rings. The summed E-state index contributed by atoms with van der Waals surface area (Å²) in [6.45, 7) is 5.93. The molecule has 7 heteroatoms. The molecular formula is C12H20N6O. The Morgan fingerprint density at radius 1 is 1.47 bits per heavy atom. The van der Waals surface area contributed by atoms with Crippen LogP contribution in [0.4, 0.5) is 11.6 Å². The minimum Gasteiger partial charge on any atom is -0.354 e. The molecule has 1 aromatic rings. The molecule has 2 heterocycles. The maximum atomic E-state index is 11.7. The van der Waals surface area contributed by atoms with Crippen LogP contribution in [0.2, 0.25) is 0 Å². The molecule has 0 bridgehead atoms. The van der Waals surface area contributed by atoms with Crippen molar-refractivity contribution in [2.75, 3.05) is 30.0 Å². The lowest BCUT2D eigenvalue weighted by atomic mass is 10.0. The van der Waals surface area contributed by atoms with Gasteiger partial charge in [0.15, 0.2) is 0 Å². The SMILES string of the molecule is CC(C)c1c(NN)ncnc1N1CCCNC(=O)C1. The van der Waals surface area contributed by atoms with Gasteiger partial charge in [0.05, 0.1) is 6.54 Å². The summed E-state index contributed by atoms with van der Waals surface area (Å²) in [6.07, 6.45) is 2.37.